The third-order valence-corrected chi connectivity index (χ3v) is 5.85. The van der Waals surface area contributed by atoms with E-state index >= 15 is 0 Å². The van der Waals surface area contributed by atoms with Crippen LogP contribution in [-0.4, -0.2) is 78.9 Å². The molecule has 1 aromatic rings. The third-order valence-electron chi connectivity index (χ3n) is 5.85. The summed E-state index contributed by atoms with van der Waals surface area (Å²) in [5, 5.41) is 12.4. The molecule has 4 atom stereocenters. The first-order valence-corrected chi connectivity index (χ1v) is 13.0. The molecule has 0 spiro atoms. The minimum atomic E-state index is -1.16. The number of likely N-dealkylation sites (N-methyl/N-ethyl adjacent to an activating group) is 1. The van der Waals surface area contributed by atoms with Crippen molar-refractivity contribution in [2.45, 2.75) is 77.0 Å². The Kier molecular flexibility index (Phi) is 14.8. The quantitative estimate of drug-likeness (QED) is 0.134. The Bertz CT molecular complexity index is 1060. The van der Waals surface area contributed by atoms with Crippen LogP contribution < -0.4 is 32.3 Å². The lowest BCUT2D eigenvalue weighted by molar-refractivity contribution is -0.133. The summed E-state index contributed by atoms with van der Waals surface area (Å²) in [6.45, 7) is 3.58. The van der Waals surface area contributed by atoms with Crippen molar-refractivity contribution in [2.24, 2.45) is 5.73 Å². The highest BCUT2D eigenvalue weighted by atomic mass is 16.2. The lowest BCUT2D eigenvalue weighted by atomic mass is 10.0. The van der Waals surface area contributed by atoms with Gasteiger partial charge in [0.05, 0.1) is 12.6 Å². The standard InChI is InChI=1S/C27H40N6O7/c1-16(34)10-12-20(32-24(37)18(3)28)26(39)30-15-23(36)31-21(13-11-17(2)35)27(40)33-22(25(38)29-4)14-19-8-6-5-7-9-19/h5-9,18,20-22H,10-15,28H2,1-4H3,(H,29,38)(H,30,39)(H,31,36)(H,32,37)(H,33,40)/t18-,20-,21-,22-/m0/s1. The Labute approximate surface area is 233 Å². The van der Waals surface area contributed by atoms with Gasteiger partial charge in [0, 0.05) is 26.3 Å². The van der Waals surface area contributed by atoms with Gasteiger partial charge in [0.2, 0.25) is 29.5 Å². The molecule has 0 fully saturated rings. The number of hydrogen-bond donors (Lipinski definition) is 6. The van der Waals surface area contributed by atoms with Gasteiger partial charge >= 0.3 is 0 Å². The van der Waals surface area contributed by atoms with Crippen LogP contribution in [0, 0.1) is 0 Å². The lowest BCUT2D eigenvalue weighted by Crippen LogP contribution is -2.56. The normalized spacial score (nSPS) is 13.5. The van der Waals surface area contributed by atoms with E-state index in [1.54, 1.807) is 24.3 Å². The van der Waals surface area contributed by atoms with Crippen molar-refractivity contribution < 1.29 is 33.6 Å². The van der Waals surface area contributed by atoms with Crippen LogP contribution in [0.5, 0.6) is 0 Å². The van der Waals surface area contributed by atoms with Crippen molar-refractivity contribution in [3.05, 3.63) is 35.9 Å². The maximum atomic E-state index is 13.1. The number of carbonyl (C=O) groups excluding carboxylic acids is 7. The third kappa shape index (κ3) is 13.1. The molecule has 0 aliphatic heterocycles. The van der Waals surface area contributed by atoms with Crippen LogP contribution in [0.3, 0.4) is 0 Å². The average molecular weight is 561 g/mol. The maximum Gasteiger partial charge on any atom is 0.243 e. The second-order valence-corrected chi connectivity index (χ2v) is 9.53. The van der Waals surface area contributed by atoms with Crippen LogP contribution in [0.1, 0.15) is 52.0 Å². The van der Waals surface area contributed by atoms with Gasteiger partial charge in [0.1, 0.15) is 29.7 Å². The number of Topliss-reactive ketones (excluding diaryl/α,β-unsaturated/α-hetero) is 2. The summed E-state index contributed by atoms with van der Waals surface area (Å²) in [7, 11) is 1.43. The monoisotopic (exact) mass is 560 g/mol. The van der Waals surface area contributed by atoms with E-state index in [2.05, 4.69) is 26.6 Å². The Morgan fingerprint density at radius 3 is 1.75 bits per heavy atom. The van der Waals surface area contributed by atoms with E-state index in [9.17, 15) is 33.6 Å². The van der Waals surface area contributed by atoms with Crippen molar-refractivity contribution in [3.8, 4) is 0 Å². The molecule has 0 heterocycles. The number of nitrogens with two attached hydrogens (primary N) is 1. The van der Waals surface area contributed by atoms with E-state index in [1.165, 1.54) is 27.8 Å². The Morgan fingerprint density at radius 1 is 0.725 bits per heavy atom. The molecule has 0 aliphatic carbocycles. The first-order chi connectivity index (χ1) is 18.8. The lowest BCUT2D eigenvalue weighted by Gasteiger charge is -2.23. The molecule has 0 aromatic heterocycles. The number of carbonyl (C=O) groups is 7. The van der Waals surface area contributed by atoms with Crippen molar-refractivity contribution >= 4 is 41.1 Å². The summed E-state index contributed by atoms with van der Waals surface area (Å²) in [4.78, 5) is 85.8. The number of nitrogens with one attached hydrogen (secondary N) is 5. The maximum absolute atomic E-state index is 13.1. The van der Waals surface area contributed by atoms with Gasteiger partial charge in [-0.1, -0.05) is 30.3 Å². The Balaban J connectivity index is 2.90. The van der Waals surface area contributed by atoms with Crippen molar-refractivity contribution in [1.82, 2.24) is 26.6 Å². The van der Waals surface area contributed by atoms with Crippen LogP contribution in [0.4, 0.5) is 0 Å². The molecule has 0 bridgehead atoms. The molecule has 1 aromatic carbocycles. The highest BCUT2D eigenvalue weighted by Gasteiger charge is 2.28. The van der Waals surface area contributed by atoms with E-state index < -0.39 is 60.2 Å². The zero-order valence-corrected chi connectivity index (χ0v) is 23.4. The van der Waals surface area contributed by atoms with Crippen LogP contribution in [0.2, 0.25) is 0 Å². The molecule has 220 valence electrons. The zero-order chi connectivity index (χ0) is 30.2. The van der Waals surface area contributed by atoms with Gasteiger partial charge in [-0.2, -0.15) is 0 Å². The van der Waals surface area contributed by atoms with Crippen molar-refractivity contribution in [3.63, 3.8) is 0 Å². The van der Waals surface area contributed by atoms with E-state index in [0.717, 1.165) is 5.56 Å². The Morgan fingerprint density at radius 2 is 1.25 bits per heavy atom. The van der Waals surface area contributed by atoms with Gasteiger partial charge in [-0.15, -0.1) is 0 Å². The largest absolute Gasteiger partial charge is 0.357 e. The molecule has 1 rings (SSSR count). The number of rotatable bonds is 17. The second kappa shape index (κ2) is 17.5. The smallest absolute Gasteiger partial charge is 0.243 e. The molecule has 13 heteroatoms. The fourth-order valence-corrected chi connectivity index (χ4v) is 3.58. The topological polar surface area (TPSA) is 206 Å². The molecule has 0 radical (unpaired) electrons. The van der Waals surface area contributed by atoms with Crippen LogP contribution in [0.15, 0.2) is 30.3 Å². The van der Waals surface area contributed by atoms with Crippen LogP contribution >= 0.6 is 0 Å². The second-order valence-electron chi connectivity index (χ2n) is 9.53. The van der Waals surface area contributed by atoms with Gasteiger partial charge in [0.25, 0.3) is 0 Å². The van der Waals surface area contributed by atoms with Crippen LogP contribution in [0.25, 0.3) is 0 Å². The van der Waals surface area contributed by atoms with E-state index in [4.69, 9.17) is 5.73 Å². The first kappa shape index (κ1) is 33.9. The molecule has 0 aliphatic rings. The van der Waals surface area contributed by atoms with E-state index in [-0.39, 0.29) is 43.7 Å². The molecule has 13 nitrogen and oxygen atoms in total. The average Bonchev–Trinajstić information content (AvgIpc) is 2.91. The number of ketones is 2. The fourth-order valence-electron chi connectivity index (χ4n) is 3.58. The summed E-state index contributed by atoms with van der Waals surface area (Å²) in [6.07, 6.45) is 0.187. The predicted octanol–water partition coefficient (Wildman–Crippen LogP) is -1.37. The van der Waals surface area contributed by atoms with Gasteiger partial charge < -0.3 is 41.9 Å². The van der Waals surface area contributed by atoms with Gasteiger partial charge in [0.15, 0.2) is 0 Å². The minimum Gasteiger partial charge on any atom is -0.357 e. The molecule has 0 saturated heterocycles. The summed E-state index contributed by atoms with van der Waals surface area (Å²) >= 11 is 0. The summed E-state index contributed by atoms with van der Waals surface area (Å²) in [6, 6.07) is 4.94. The molecular formula is C27H40N6O7. The summed E-state index contributed by atoms with van der Waals surface area (Å²) in [5.41, 5.74) is 6.34. The molecule has 0 saturated carbocycles. The SMILES string of the molecule is CNC(=O)[C@H](Cc1ccccc1)NC(=O)[C@H](CCC(C)=O)NC(=O)CNC(=O)[C@H](CCC(C)=O)NC(=O)[C@H](C)N. The Hall–Kier alpha value is -4.13. The molecular weight excluding hydrogens is 520 g/mol. The highest BCUT2D eigenvalue weighted by Crippen LogP contribution is 2.06. The number of benzene rings is 1. The summed E-state index contributed by atoms with van der Waals surface area (Å²) < 4.78 is 0. The molecule has 5 amide bonds. The highest BCUT2D eigenvalue weighted by molar-refractivity contribution is 5.95. The molecule has 40 heavy (non-hydrogen) atoms. The van der Waals surface area contributed by atoms with Crippen molar-refractivity contribution in [2.75, 3.05) is 13.6 Å². The van der Waals surface area contributed by atoms with Crippen LogP contribution in [-0.2, 0) is 40.0 Å². The van der Waals surface area contributed by atoms with Gasteiger partial charge in [-0.3, -0.25) is 24.0 Å². The fraction of sp³-hybridized carbons (Fsp3) is 0.519. The first-order valence-electron chi connectivity index (χ1n) is 13.0. The van der Waals surface area contributed by atoms with Gasteiger partial charge in [-0.25, -0.2) is 0 Å². The van der Waals surface area contributed by atoms with Gasteiger partial charge in [-0.05, 0) is 39.2 Å². The minimum absolute atomic E-state index is 0.00713. The zero-order valence-electron chi connectivity index (χ0n) is 23.4. The molecule has 0 unspecified atom stereocenters. The number of hydrogen-bond acceptors (Lipinski definition) is 8. The van der Waals surface area contributed by atoms with E-state index in [0.29, 0.717) is 0 Å². The molecule has 7 N–H and O–H groups in total. The predicted molar refractivity (Wildman–Crippen MR) is 146 cm³/mol. The number of amides is 5. The van der Waals surface area contributed by atoms with Crippen molar-refractivity contribution in [1.29, 1.82) is 0 Å². The van der Waals surface area contributed by atoms with E-state index in [1.807, 2.05) is 6.07 Å². The summed E-state index contributed by atoms with van der Waals surface area (Å²) in [5.74, 6) is -3.55.